The highest BCUT2D eigenvalue weighted by molar-refractivity contribution is 5.15. The van der Waals surface area contributed by atoms with Crippen LogP contribution in [0.5, 0.6) is 0 Å². The number of ether oxygens (including phenoxy) is 1. The van der Waals surface area contributed by atoms with Crippen LogP contribution in [0.1, 0.15) is 52.9 Å². The van der Waals surface area contributed by atoms with Gasteiger partial charge in [-0.2, -0.15) is 0 Å². The molecule has 4 bridgehead atoms. The minimum Gasteiger partial charge on any atom is -0.373 e. The highest BCUT2D eigenvalue weighted by Gasteiger charge is 2.67. The van der Waals surface area contributed by atoms with Gasteiger partial charge in [-0.1, -0.05) is 27.2 Å². The first-order valence-electron chi connectivity index (χ1n) is 7.66. The van der Waals surface area contributed by atoms with E-state index in [-0.39, 0.29) is 0 Å². The summed E-state index contributed by atoms with van der Waals surface area (Å²) in [5, 5.41) is 0. The maximum Gasteiger partial charge on any atom is 0.0846 e. The molecule has 1 heteroatoms. The molecule has 3 saturated carbocycles. The Kier molecular flexibility index (Phi) is 1.98. The molecule has 1 heterocycles. The third-order valence-corrected chi connectivity index (χ3v) is 6.97. The monoisotopic (exact) mass is 234 g/mol. The van der Waals surface area contributed by atoms with E-state index in [1.807, 2.05) is 0 Å². The van der Waals surface area contributed by atoms with Crippen molar-refractivity contribution in [1.82, 2.24) is 0 Å². The maximum absolute atomic E-state index is 5.73. The molecule has 1 saturated heterocycles. The van der Waals surface area contributed by atoms with E-state index in [0.29, 0.717) is 16.9 Å². The van der Waals surface area contributed by atoms with E-state index in [0.717, 1.165) is 30.3 Å². The van der Waals surface area contributed by atoms with Gasteiger partial charge in [0.05, 0.1) is 12.7 Å². The molecule has 4 aliphatic rings. The summed E-state index contributed by atoms with van der Waals surface area (Å²) in [6.07, 6.45) is 8.03. The topological polar surface area (TPSA) is 12.5 Å². The molecular formula is C16H26O. The molecular weight excluding hydrogens is 208 g/mol. The van der Waals surface area contributed by atoms with Crippen LogP contribution in [-0.4, -0.2) is 12.7 Å². The lowest BCUT2D eigenvalue weighted by atomic mass is 9.63. The number of hydrogen-bond donors (Lipinski definition) is 0. The van der Waals surface area contributed by atoms with E-state index in [2.05, 4.69) is 20.8 Å². The van der Waals surface area contributed by atoms with Crippen molar-refractivity contribution in [3.8, 4) is 0 Å². The van der Waals surface area contributed by atoms with Gasteiger partial charge in [0.25, 0.3) is 0 Å². The Bertz CT molecular complexity index is 343. The van der Waals surface area contributed by atoms with Gasteiger partial charge in [0.2, 0.25) is 0 Å². The van der Waals surface area contributed by atoms with Gasteiger partial charge in [-0.15, -0.1) is 0 Å². The van der Waals surface area contributed by atoms with Crippen LogP contribution in [0.15, 0.2) is 0 Å². The molecule has 0 N–H and O–H groups in total. The second-order valence-electron chi connectivity index (χ2n) is 8.12. The predicted octanol–water partition coefficient (Wildman–Crippen LogP) is 3.87. The zero-order chi connectivity index (χ0) is 11.8. The van der Waals surface area contributed by atoms with Gasteiger partial charge in [-0.05, 0) is 60.2 Å². The van der Waals surface area contributed by atoms with Gasteiger partial charge < -0.3 is 4.74 Å². The number of rotatable bonds is 1. The lowest BCUT2D eigenvalue weighted by Crippen LogP contribution is -2.37. The predicted molar refractivity (Wildman–Crippen MR) is 68.7 cm³/mol. The molecule has 0 radical (unpaired) electrons. The molecule has 0 aromatic rings. The molecule has 4 rings (SSSR count). The lowest BCUT2D eigenvalue weighted by molar-refractivity contribution is 0.0621. The number of epoxide rings is 1. The van der Waals surface area contributed by atoms with Crippen LogP contribution in [0, 0.1) is 34.5 Å². The molecule has 96 valence electrons. The zero-order valence-corrected chi connectivity index (χ0v) is 11.5. The Morgan fingerprint density at radius 1 is 1.00 bits per heavy atom. The standard InChI is InChI=1S/C16H26O/c1-15(2)7-4-8-16(3)11-6-5-10(13(11)15)14(16)12-9-17-12/h10-14H,4-9H2,1-3H3/t10-,11+,12?,13-,14+,16-/m0/s1. The van der Waals surface area contributed by atoms with E-state index in [1.165, 1.54) is 32.1 Å². The molecule has 1 aliphatic heterocycles. The summed E-state index contributed by atoms with van der Waals surface area (Å²) in [7, 11) is 0. The highest BCUT2D eigenvalue weighted by Crippen LogP contribution is 2.72. The molecule has 1 nitrogen and oxygen atoms in total. The van der Waals surface area contributed by atoms with Crippen LogP contribution in [0.3, 0.4) is 0 Å². The summed E-state index contributed by atoms with van der Waals surface area (Å²) in [4.78, 5) is 0. The molecule has 0 aromatic carbocycles. The molecule has 1 unspecified atom stereocenters. The first-order valence-corrected chi connectivity index (χ1v) is 7.66. The van der Waals surface area contributed by atoms with Crippen molar-refractivity contribution in [2.24, 2.45) is 34.5 Å². The van der Waals surface area contributed by atoms with Crippen molar-refractivity contribution in [3.05, 3.63) is 0 Å². The van der Waals surface area contributed by atoms with Gasteiger partial charge in [-0.3, -0.25) is 0 Å². The van der Waals surface area contributed by atoms with Crippen LogP contribution in [-0.2, 0) is 4.74 Å². The normalized spacial score (nSPS) is 59.1. The Hall–Kier alpha value is -0.0400. The molecule has 0 amide bonds. The highest BCUT2D eigenvalue weighted by atomic mass is 16.6. The third kappa shape index (κ3) is 1.25. The van der Waals surface area contributed by atoms with Crippen LogP contribution in [0.2, 0.25) is 0 Å². The summed E-state index contributed by atoms with van der Waals surface area (Å²) >= 11 is 0. The van der Waals surface area contributed by atoms with Crippen molar-refractivity contribution in [1.29, 1.82) is 0 Å². The van der Waals surface area contributed by atoms with Crippen molar-refractivity contribution in [2.75, 3.05) is 6.61 Å². The lowest BCUT2D eigenvalue weighted by Gasteiger charge is -2.41. The van der Waals surface area contributed by atoms with Crippen molar-refractivity contribution < 1.29 is 4.74 Å². The van der Waals surface area contributed by atoms with Crippen LogP contribution < -0.4 is 0 Å². The minimum absolute atomic E-state index is 0.591. The van der Waals surface area contributed by atoms with E-state index in [1.54, 1.807) is 0 Å². The fourth-order valence-electron chi connectivity index (χ4n) is 6.44. The van der Waals surface area contributed by atoms with Gasteiger partial charge in [0.15, 0.2) is 0 Å². The van der Waals surface area contributed by atoms with E-state index in [9.17, 15) is 0 Å². The fraction of sp³-hybridized carbons (Fsp3) is 1.00. The quantitative estimate of drug-likeness (QED) is 0.627. The van der Waals surface area contributed by atoms with Gasteiger partial charge in [0, 0.05) is 0 Å². The SMILES string of the molecule is CC1(C)CCC[C@@]2(C)[C@@H]3CC[C@@H]([C@@H]31)[C@@H]2C1CO1. The molecule has 4 fully saturated rings. The average molecular weight is 234 g/mol. The molecule has 0 spiro atoms. The average Bonchev–Trinajstić information content (AvgIpc) is 2.91. The molecule has 0 aromatic heterocycles. The Labute approximate surface area is 105 Å². The van der Waals surface area contributed by atoms with Gasteiger partial charge >= 0.3 is 0 Å². The van der Waals surface area contributed by atoms with Crippen molar-refractivity contribution in [2.45, 2.75) is 59.0 Å². The number of hydrogen-bond acceptors (Lipinski definition) is 1. The summed E-state index contributed by atoms with van der Waals surface area (Å²) in [6.45, 7) is 8.77. The second kappa shape index (κ2) is 3.10. The van der Waals surface area contributed by atoms with Crippen molar-refractivity contribution >= 4 is 0 Å². The summed E-state index contributed by atoms with van der Waals surface area (Å²) < 4.78 is 5.73. The first kappa shape index (κ1) is 10.8. The van der Waals surface area contributed by atoms with Crippen LogP contribution >= 0.6 is 0 Å². The summed E-state index contributed by atoms with van der Waals surface area (Å²) in [5.74, 6) is 3.92. The van der Waals surface area contributed by atoms with E-state index >= 15 is 0 Å². The first-order chi connectivity index (χ1) is 8.04. The molecule has 17 heavy (non-hydrogen) atoms. The Morgan fingerprint density at radius 3 is 2.47 bits per heavy atom. The zero-order valence-electron chi connectivity index (χ0n) is 11.5. The van der Waals surface area contributed by atoms with Gasteiger partial charge in [0.1, 0.15) is 0 Å². The largest absolute Gasteiger partial charge is 0.373 e. The van der Waals surface area contributed by atoms with E-state index < -0.39 is 0 Å². The van der Waals surface area contributed by atoms with Crippen molar-refractivity contribution in [3.63, 3.8) is 0 Å². The maximum atomic E-state index is 5.73. The molecule has 3 aliphatic carbocycles. The summed E-state index contributed by atoms with van der Waals surface area (Å²) in [6, 6.07) is 0. The summed E-state index contributed by atoms with van der Waals surface area (Å²) in [5.41, 5.74) is 1.22. The Balaban J connectivity index is 1.79. The third-order valence-electron chi connectivity index (χ3n) is 6.97. The van der Waals surface area contributed by atoms with Crippen LogP contribution in [0.25, 0.3) is 0 Å². The minimum atomic E-state index is 0.591. The second-order valence-corrected chi connectivity index (χ2v) is 8.12. The van der Waals surface area contributed by atoms with Gasteiger partial charge in [-0.25, -0.2) is 0 Å². The smallest absolute Gasteiger partial charge is 0.0846 e. The van der Waals surface area contributed by atoms with Crippen LogP contribution in [0.4, 0.5) is 0 Å². The molecule has 6 atom stereocenters. The fourth-order valence-corrected chi connectivity index (χ4v) is 6.44. The van der Waals surface area contributed by atoms with E-state index in [4.69, 9.17) is 4.74 Å². The Morgan fingerprint density at radius 2 is 1.76 bits per heavy atom.